The highest BCUT2D eigenvalue weighted by atomic mass is 16.2. The van der Waals surface area contributed by atoms with Gasteiger partial charge in [0.1, 0.15) is 0 Å². The number of amides is 1. The Kier molecular flexibility index (Phi) is 4.05. The minimum atomic E-state index is -0.00134. The van der Waals surface area contributed by atoms with Gasteiger partial charge in [-0.2, -0.15) is 0 Å². The summed E-state index contributed by atoms with van der Waals surface area (Å²) in [5, 5.41) is 6.65. The number of fused-ring (bicyclic) bond motifs is 2. The second-order valence-electron chi connectivity index (χ2n) is 5.76. The highest BCUT2D eigenvalue weighted by molar-refractivity contribution is 5.81. The molecule has 2 saturated heterocycles. The van der Waals surface area contributed by atoms with Crippen LogP contribution in [0.5, 0.6) is 0 Å². The zero-order valence-electron chi connectivity index (χ0n) is 11.2. The molecule has 0 saturated carbocycles. The fourth-order valence-corrected chi connectivity index (χ4v) is 2.89. The first-order valence-electron chi connectivity index (χ1n) is 6.86. The van der Waals surface area contributed by atoms with Gasteiger partial charge in [-0.15, -0.1) is 0 Å². The second-order valence-corrected chi connectivity index (χ2v) is 5.76. The van der Waals surface area contributed by atoms with Gasteiger partial charge in [-0.3, -0.25) is 9.69 Å². The minimum Gasteiger partial charge on any atom is -0.353 e. The maximum atomic E-state index is 12.0. The second kappa shape index (κ2) is 5.36. The normalized spacial score (nSPS) is 31.3. The molecule has 2 rings (SSSR count). The largest absolute Gasteiger partial charge is 0.353 e. The molecule has 0 aromatic heterocycles. The zero-order valence-corrected chi connectivity index (χ0v) is 11.2. The van der Waals surface area contributed by atoms with Crippen LogP contribution in [0.25, 0.3) is 0 Å². The van der Waals surface area contributed by atoms with Gasteiger partial charge < -0.3 is 10.6 Å². The van der Waals surface area contributed by atoms with Crippen molar-refractivity contribution in [1.29, 1.82) is 0 Å². The molecular weight excluding hydrogens is 214 g/mol. The average molecular weight is 239 g/mol. The Hall–Kier alpha value is -0.610. The molecule has 3 atom stereocenters. The summed E-state index contributed by atoms with van der Waals surface area (Å²) in [6, 6.07) is 1.51. The molecule has 2 N–H and O–H groups in total. The molecule has 1 amide bonds. The third-order valence-electron chi connectivity index (χ3n) is 3.91. The number of rotatable bonds is 3. The van der Waals surface area contributed by atoms with Crippen LogP contribution in [0.3, 0.4) is 0 Å². The molecule has 2 aliphatic heterocycles. The van der Waals surface area contributed by atoms with Gasteiger partial charge in [0.15, 0.2) is 0 Å². The summed E-state index contributed by atoms with van der Waals surface area (Å²) in [6.07, 6.45) is 3.75. The Morgan fingerprint density at radius 1 is 1.24 bits per heavy atom. The van der Waals surface area contributed by atoms with Crippen LogP contribution < -0.4 is 10.6 Å². The Morgan fingerprint density at radius 3 is 2.65 bits per heavy atom. The quantitative estimate of drug-likeness (QED) is 0.763. The summed E-state index contributed by atoms with van der Waals surface area (Å²) in [6.45, 7) is 8.11. The molecule has 2 aliphatic rings. The predicted molar refractivity (Wildman–Crippen MR) is 68.9 cm³/mol. The Bertz CT molecular complexity index is 280. The molecule has 2 fully saturated rings. The SMILES string of the molecule is CC(C)NC(=O)C(C)N1CCC2CCC(C1)N2. The van der Waals surface area contributed by atoms with E-state index in [9.17, 15) is 4.79 Å². The van der Waals surface area contributed by atoms with E-state index in [2.05, 4.69) is 15.5 Å². The predicted octanol–water partition coefficient (Wildman–Crippen LogP) is 0.726. The highest BCUT2D eigenvalue weighted by Gasteiger charge is 2.32. The van der Waals surface area contributed by atoms with Crippen LogP contribution in [0.2, 0.25) is 0 Å². The van der Waals surface area contributed by atoms with Crippen molar-refractivity contribution in [2.45, 2.75) is 64.2 Å². The number of hydrogen-bond donors (Lipinski definition) is 2. The zero-order chi connectivity index (χ0) is 12.4. The third kappa shape index (κ3) is 3.19. The first-order valence-corrected chi connectivity index (χ1v) is 6.86. The summed E-state index contributed by atoms with van der Waals surface area (Å²) in [4.78, 5) is 14.3. The summed E-state index contributed by atoms with van der Waals surface area (Å²) in [5.74, 6) is 0.165. The van der Waals surface area contributed by atoms with Crippen molar-refractivity contribution in [3.05, 3.63) is 0 Å². The number of hydrogen-bond acceptors (Lipinski definition) is 3. The fourth-order valence-electron chi connectivity index (χ4n) is 2.89. The van der Waals surface area contributed by atoms with E-state index in [1.54, 1.807) is 0 Å². The molecule has 2 bridgehead atoms. The molecule has 4 heteroatoms. The first-order chi connectivity index (χ1) is 8.06. The minimum absolute atomic E-state index is 0.00134. The van der Waals surface area contributed by atoms with Crippen LogP contribution in [0.15, 0.2) is 0 Å². The monoisotopic (exact) mass is 239 g/mol. The smallest absolute Gasteiger partial charge is 0.237 e. The summed E-state index contributed by atoms with van der Waals surface area (Å²) >= 11 is 0. The van der Waals surface area contributed by atoms with Crippen LogP contribution in [0, 0.1) is 0 Å². The number of carbonyl (C=O) groups excluding carboxylic acids is 1. The number of carbonyl (C=O) groups is 1. The van der Waals surface area contributed by atoms with Gasteiger partial charge in [-0.1, -0.05) is 0 Å². The number of nitrogens with zero attached hydrogens (tertiary/aromatic N) is 1. The highest BCUT2D eigenvalue weighted by Crippen LogP contribution is 2.21. The van der Waals surface area contributed by atoms with Gasteiger partial charge in [0.05, 0.1) is 6.04 Å². The van der Waals surface area contributed by atoms with E-state index in [0.29, 0.717) is 12.1 Å². The van der Waals surface area contributed by atoms with E-state index in [0.717, 1.165) is 13.1 Å². The van der Waals surface area contributed by atoms with Crippen molar-refractivity contribution in [1.82, 2.24) is 15.5 Å². The molecule has 0 radical (unpaired) electrons. The van der Waals surface area contributed by atoms with E-state index in [-0.39, 0.29) is 18.0 Å². The van der Waals surface area contributed by atoms with Crippen LogP contribution in [-0.4, -0.2) is 48.1 Å². The molecule has 98 valence electrons. The van der Waals surface area contributed by atoms with Crippen LogP contribution in [0.4, 0.5) is 0 Å². The molecule has 17 heavy (non-hydrogen) atoms. The van der Waals surface area contributed by atoms with Crippen molar-refractivity contribution >= 4 is 5.91 Å². The van der Waals surface area contributed by atoms with Gasteiger partial charge in [-0.25, -0.2) is 0 Å². The number of nitrogens with one attached hydrogen (secondary N) is 2. The Balaban J connectivity index is 1.90. The summed E-state index contributed by atoms with van der Waals surface area (Å²) in [7, 11) is 0. The topological polar surface area (TPSA) is 44.4 Å². The van der Waals surface area contributed by atoms with E-state index in [4.69, 9.17) is 0 Å². The molecule has 4 nitrogen and oxygen atoms in total. The number of likely N-dealkylation sites (tertiary alicyclic amines) is 1. The lowest BCUT2D eigenvalue weighted by molar-refractivity contribution is -0.126. The standard InChI is InChI=1S/C13H25N3O/c1-9(2)14-13(17)10(3)16-7-6-11-4-5-12(8-16)15-11/h9-12,15H,4-8H2,1-3H3,(H,14,17). The summed E-state index contributed by atoms with van der Waals surface area (Å²) < 4.78 is 0. The van der Waals surface area contributed by atoms with Crippen molar-refractivity contribution in [3.8, 4) is 0 Å². The van der Waals surface area contributed by atoms with E-state index < -0.39 is 0 Å². The molecule has 2 heterocycles. The molecule has 3 unspecified atom stereocenters. The van der Waals surface area contributed by atoms with E-state index in [1.807, 2.05) is 20.8 Å². The molecule has 0 spiro atoms. The third-order valence-corrected chi connectivity index (χ3v) is 3.91. The molecule has 0 aromatic rings. The van der Waals surface area contributed by atoms with Crippen molar-refractivity contribution in [2.75, 3.05) is 13.1 Å². The van der Waals surface area contributed by atoms with E-state index >= 15 is 0 Å². The lowest BCUT2D eigenvalue weighted by Crippen LogP contribution is -2.49. The van der Waals surface area contributed by atoms with Gasteiger partial charge in [-0.05, 0) is 40.0 Å². The van der Waals surface area contributed by atoms with Gasteiger partial charge in [0.25, 0.3) is 0 Å². The fraction of sp³-hybridized carbons (Fsp3) is 0.923. The molecular formula is C13H25N3O. The van der Waals surface area contributed by atoms with E-state index in [1.165, 1.54) is 19.3 Å². The maximum absolute atomic E-state index is 12.0. The Labute approximate surface area is 104 Å². The van der Waals surface area contributed by atoms with Crippen molar-refractivity contribution in [2.24, 2.45) is 0 Å². The Morgan fingerprint density at radius 2 is 1.94 bits per heavy atom. The first kappa shape index (κ1) is 12.8. The van der Waals surface area contributed by atoms with Gasteiger partial charge in [0.2, 0.25) is 5.91 Å². The summed E-state index contributed by atoms with van der Waals surface area (Å²) in [5.41, 5.74) is 0. The van der Waals surface area contributed by atoms with Crippen molar-refractivity contribution in [3.63, 3.8) is 0 Å². The maximum Gasteiger partial charge on any atom is 0.237 e. The lowest BCUT2D eigenvalue weighted by Gasteiger charge is -2.29. The molecule has 0 aromatic carbocycles. The average Bonchev–Trinajstić information content (AvgIpc) is 2.56. The van der Waals surface area contributed by atoms with Gasteiger partial charge in [0, 0.05) is 31.2 Å². The lowest BCUT2D eigenvalue weighted by atomic mass is 10.1. The molecule has 0 aliphatic carbocycles. The van der Waals surface area contributed by atoms with Gasteiger partial charge >= 0.3 is 0 Å². The van der Waals surface area contributed by atoms with Crippen LogP contribution in [0.1, 0.15) is 40.0 Å². The van der Waals surface area contributed by atoms with Crippen LogP contribution in [-0.2, 0) is 4.79 Å². The van der Waals surface area contributed by atoms with Crippen molar-refractivity contribution < 1.29 is 4.79 Å². The van der Waals surface area contributed by atoms with Crippen LogP contribution >= 0.6 is 0 Å².